The number of ether oxygens (including phenoxy) is 2. The van der Waals surface area contributed by atoms with Gasteiger partial charge in [0.15, 0.2) is 5.76 Å². The Morgan fingerprint density at radius 1 is 0.891 bits per heavy atom. The predicted molar refractivity (Wildman–Crippen MR) is 176 cm³/mol. The van der Waals surface area contributed by atoms with Crippen LogP contribution in [0.15, 0.2) is 76.0 Å². The number of carbonyl (C=O) groups is 2. The summed E-state index contributed by atoms with van der Waals surface area (Å²) in [6.07, 6.45) is 0.241. The number of hydrogen-bond acceptors (Lipinski definition) is 9. The summed E-state index contributed by atoms with van der Waals surface area (Å²) in [7, 11) is -6.48. The van der Waals surface area contributed by atoms with E-state index >= 15 is 0 Å². The lowest BCUT2D eigenvalue weighted by Crippen LogP contribution is -2.50. The first-order valence-corrected chi connectivity index (χ1v) is 17.6. The molecule has 46 heavy (non-hydrogen) atoms. The smallest absolute Gasteiger partial charge is 0.326 e. The molecule has 1 amide bonds. The highest BCUT2D eigenvalue weighted by Crippen LogP contribution is 2.33. The maximum atomic E-state index is 13.2. The largest absolute Gasteiger partial charge is 0.468 e. The monoisotopic (exact) mass is 671 g/mol. The SMILES string of the molecule is COC(=O)C(NS(=O)(=O)c1ccc(-c2ccc(NC(=O)c3oc4cccc(NS(C)(=O)=O)c4c3C)cc2)cc1)C(C)OC(C)(C)C. The molecule has 0 radical (unpaired) electrons. The molecule has 1 heterocycles. The molecule has 4 rings (SSSR count). The van der Waals surface area contributed by atoms with Gasteiger partial charge in [-0.25, -0.2) is 16.8 Å². The van der Waals surface area contributed by atoms with E-state index in [9.17, 15) is 26.4 Å². The molecule has 0 aliphatic heterocycles. The number of benzene rings is 3. The zero-order valence-electron chi connectivity index (χ0n) is 26.5. The molecule has 3 N–H and O–H groups in total. The first kappa shape index (κ1) is 34.6. The number of nitrogens with one attached hydrogen (secondary N) is 3. The summed E-state index contributed by atoms with van der Waals surface area (Å²) < 4.78 is 71.1. The summed E-state index contributed by atoms with van der Waals surface area (Å²) >= 11 is 0. The summed E-state index contributed by atoms with van der Waals surface area (Å²) in [5.74, 6) is -1.24. The molecule has 3 aromatic carbocycles. The van der Waals surface area contributed by atoms with E-state index in [4.69, 9.17) is 13.9 Å². The lowest BCUT2D eigenvalue weighted by molar-refractivity contribution is -0.149. The molecule has 1 aromatic heterocycles. The van der Waals surface area contributed by atoms with Crippen molar-refractivity contribution in [3.05, 3.63) is 78.1 Å². The average molecular weight is 672 g/mol. The van der Waals surface area contributed by atoms with Crippen molar-refractivity contribution in [3.8, 4) is 11.1 Å². The predicted octanol–water partition coefficient (Wildman–Crippen LogP) is 5.06. The van der Waals surface area contributed by atoms with Crippen molar-refractivity contribution in [3.63, 3.8) is 0 Å². The second kappa shape index (κ2) is 13.2. The van der Waals surface area contributed by atoms with Gasteiger partial charge in [0.05, 0.1) is 35.7 Å². The Morgan fingerprint density at radius 3 is 2.02 bits per heavy atom. The van der Waals surface area contributed by atoms with Crippen LogP contribution in [0.25, 0.3) is 22.1 Å². The van der Waals surface area contributed by atoms with Crippen LogP contribution in [0.1, 0.15) is 43.8 Å². The van der Waals surface area contributed by atoms with Gasteiger partial charge in [0, 0.05) is 16.6 Å². The Labute approximate surface area is 268 Å². The van der Waals surface area contributed by atoms with E-state index in [-0.39, 0.29) is 10.7 Å². The molecule has 0 bridgehead atoms. The Kier molecular flexibility index (Phi) is 9.97. The zero-order chi connectivity index (χ0) is 34.0. The number of fused-ring (bicyclic) bond motifs is 1. The number of anilines is 2. The molecular weight excluding hydrogens is 634 g/mol. The van der Waals surface area contributed by atoms with Gasteiger partial charge in [-0.3, -0.25) is 14.3 Å². The van der Waals surface area contributed by atoms with Gasteiger partial charge in [-0.1, -0.05) is 30.3 Å². The van der Waals surface area contributed by atoms with E-state index in [0.29, 0.717) is 33.5 Å². The third kappa shape index (κ3) is 8.31. The summed E-state index contributed by atoms with van der Waals surface area (Å²) in [5.41, 5.74) is 2.48. The molecule has 246 valence electrons. The minimum Gasteiger partial charge on any atom is -0.468 e. The van der Waals surface area contributed by atoms with Crippen molar-refractivity contribution in [1.82, 2.24) is 4.72 Å². The number of furan rings is 1. The third-order valence-electron chi connectivity index (χ3n) is 6.84. The standard InChI is InChI=1S/C32H37N3O9S2/c1-19-27-25(34-45(7,38)39)9-8-10-26(27)43-29(19)30(36)33-23-15-11-21(12-16-23)22-13-17-24(18-14-22)46(40,41)35-28(31(37)42-6)20(2)44-32(3,4)5/h8-18,20,28,34-35H,1-7H3,(H,33,36). The molecule has 0 fully saturated rings. The first-order valence-electron chi connectivity index (χ1n) is 14.2. The van der Waals surface area contributed by atoms with Gasteiger partial charge in [-0.2, -0.15) is 4.72 Å². The highest BCUT2D eigenvalue weighted by atomic mass is 32.2. The minimum atomic E-state index is -4.11. The number of carbonyl (C=O) groups excluding carboxylic acids is 2. The molecule has 0 saturated carbocycles. The number of esters is 1. The lowest BCUT2D eigenvalue weighted by Gasteiger charge is -2.29. The number of hydrogen-bond donors (Lipinski definition) is 3. The van der Waals surface area contributed by atoms with Gasteiger partial charge < -0.3 is 19.2 Å². The van der Waals surface area contributed by atoms with E-state index in [2.05, 4.69) is 14.8 Å². The van der Waals surface area contributed by atoms with Crippen molar-refractivity contribution in [1.29, 1.82) is 0 Å². The van der Waals surface area contributed by atoms with Gasteiger partial charge in [0.2, 0.25) is 20.0 Å². The molecule has 2 atom stereocenters. The van der Waals surface area contributed by atoms with E-state index in [1.807, 2.05) is 0 Å². The van der Waals surface area contributed by atoms with Crippen LogP contribution in [-0.2, 0) is 34.3 Å². The highest BCUT2D eigenvalue weighted by molar-refractivity contribution is 7.92. The van der Waals surface area contributed by atoms with Gasteiger partial charge in [-0.05, 0) is 82.1 Å². The van der Waals surface area contributed by atoms with E-state index in [1.165, 1.54) is 19.2 Å². The van der Waals surface area contributed by atoms with Crippen molar-refractivity contribution in [2.24, 2.45) is 0 Å². The fraction of sp³-hybridized carbons (Fsp3) is 0.312. The van der Waals surface area contributed by atoms with Gasteiger partial charge in [0.1, 0.15) is 11.6 Å². The van der Waals surface area contributed by atoms with Crippen LogP contribution in [-0.4, -0.2) is 59.8 Å². The third-order valence-corrected chi connectivity index (χ3v) is 8.89. The van der Waals surface area contributed by atoms with Crippen molar-refractivity contribution in [2.45, 2.75) is 57.3 Å². The molecule has 0 aliphatic rings. The molecular formula is C32H37N3O9S2. The normalized spacial score (nSPS) is 13.6. The van der Waals surface area contributed by atoms with Gasteiger partial charge in [-0.15, -0.1) is 0 Å². The van der Waals surface area contributed by atoms with E-state index < -0.39 is 49.7 Å². The quantitative estimate of drug-likeness (QED) is 0.185. The second-order valence-corrected chi connectivity index (χ2v) is 15.2. The summed E-state index contributed by atoms with van der Waals surface area (Å²) in [4.78, 5) is 25.4. The minimum absolute atomic E-state index is 0.0426. The fourth-order valence-electron chi connectivity index (χ4n) is 4.89. The van der Waals surface area contributed by atoms with Gasteiger partial charge >= 0.3 is 5.97 Å². The molecule has 0 spiro atoms. The maximum Gasteiger partial charge on any atom is 0.326 e. The van der Waals surface area contributed by atoms with E-state index in [1.54, 1.807) is 89.2 Å². The van der Waals surface area contributed by atoms with Crippen molar-refractivity contribution in [2.75, 3.05) is 23.4 Å². The van der Waals surface area contributed by atoms with Crippen molar-refractivity contribution < 1.29 is 40.3 Å². The van der Waals surface area contributed by atoms with Gasteiger partial charge in [0.25, 0.3) is 5.91 Å². The summed E-state index contributed by atoms with van der Waals surface area (Å²) in [5, 5.41) is 3.27. The lowest BCUT2D eigenvalue weighted by atomic mass is 10.1. The van der Waals surface area contributed by atoms with Crippen LogP contribution < -0.4 is 14.8 Å². The number of sulfonamides is 2. The number of methoxy groups -OCH3 is 1. The summed E-state index contributed by atoms with van der Waals surface area (Å²) in [6, 6.07) is 16.6. The Hall–Kier alpha value is -4.24. The number of amides is 1. The Balaban J connectivity index is 1.48. The molecule has 14 heteroatoms. The first-order chi connectivity index (χ1) is 21.4. The molecule has 12 nitrogen and oxygen atoms in total. The highest BCUT2D eigenvalue weighted by Gasteiger charge is 2.34. The fourth-order valence-corrected chi connectivity index (χ4v) is 6.71. The molecule has 0 aliphatic carbocycles. The molecule has 0 saturated heterocycles. The van der Waals surface area contributed by atoms with Crippen molar-refractivity contribution >= 4 is 54.3 Å². The summed E-state index contributed by atoms with van der Waals surface area (Å²) in [6.45, 7) is 8.66. The van der Waals surface area contributed by atoms with Crippen LogP contribution in [0.4, 0.5) is 11.4 Å². The Morgan fingerprint density at radius 2 is 1.48 bits per heavy atom. The molecule has 4 aromatic rings. The van der Waals surface area contributed by atoms with Crippen LogP contribution in [0.2, 0.25) is 0 Å². The number of rotatable bonds is 11. The average Bonchev–Trinajstić information content (AvgIpc) is 3.31. The van der Waals surface area contributed by atoms with Crippen LogP contribution in [0.3, 0.4) is 0 Å². The number of aryl methyl sites for hydroxylation is 1. The zero-order valence-corrected chi connectivity index (χ0v) is 28.1. The second-order valence-electron chi connectivity index (χ2n) is 11.7. The topological polar surface area (TPSA) is 170 Å². The van der Waals surface area contributed by atoms with Crippen LogP contribution in [0.5, 0.6) is 0 Å². The Bertz CT molecular complexity index is 1960. The van der Waals surface area contributed by atoms with Crippen LogP contribution in [0, 0.1) is 6.92 Å². The van der Waals surface area contributed by atoms with E-state index in [0.717, 1.165) is 11.8 Å². The van der Waals surface area contributed by atoms with Crippen LogP contribution >= 0.6 is 0 Å². The molecule has 2 unspecified atom stereocenters. The maximum absolute atomic E-state index is 13.2.